The van der Waals surface area contributed by atoms with Crippen LogP contribution < -0.4 is 5.32 Å². The van der Waals surface area contributed by atoms with Gasteiger partial charge in [0.1, 0.15) is 0 Å². The van der Waals surface area contributed by atoms with Crippen molar-refractivity contribution in [2.75, 3.05) is 13.1 Å². The lowest BCUT2D eigenvalue weighted by Gasteiger charge is -2.34. The SMILES string of the molecule is CC(C)(C)NC(=O)N1CCC(Cc2c[nH]c3ccccc23)CC1. The Morgan fingerprint density at radius 2 is 1.96 bits per heavy atom. The Kier molecular flexibility index (Phi) is 4.33. The van der Waals surface area contributed by atoms with Crippen molar-refractivity contribution >= 4 is 16.9 Å². The molecule has 2 heterocycles. The summed E-state index contributed by atoms with van der Waals surface area (Å²) in [5, 5.41) is 4.39. The van der Waals surface area contributed by atoms with Crippen molar-refractivity contribution < 1.29 is 4.79 Å². The fraction of sp³-hybridized carbons (Fsp3) is 0.526. The van der Waals surface area contributed by atoms with Crippen LogP contribution >= 0.6 is 0 Å². The summed E-state index contributed by atoms with van der Waals surface area (Å²) in [5.41, 5.74) is 2.44. The summed E-state index contributed by atoms with van der Waals surface area (Å²) in [5.74, 6) is 0.660. The highest BCUT2D eigenvalue weighted by molar-refractivity contribution is 5.83. The van der Waals surface area contributed by atoms with Gasteiger partial charge in [0.05, 0.1) is 0 Å². The maximum Gasteiger partial charge on any atom is 0.317 e. The molecule has 3 rings (SSSR count). The Bertz CT molecular complexity index is 675. The van der Waals surface area contributed by atoms with Crippen LogP contribution in [0.1, 0.15) is 39.2 Å². The van der Waals surface area contributed by atoms with Crippen molar-refractivity contribution in [1.82, 2.24) is 15.2 Å². The number of piperidine rings is 1. The zero-order valence-corrected chi connectivity index (χ0v) is 14.4. The number of rotatable bonds is 2. The van der Waals surface area contributed by atoms with Gasteiger partial charge in [0, 0.05) is 35.7 Å². The number of carbonyl (C=O) groups is 1. The van der Waals surface area contributed by atoms with E-state index in [4.69, 9.17) is 0 Å². The number of amides is 2. The molecule has 1 aliphatic heterocycles. The van der Waals surface area contributed by atoms with E-state index in [2.05, 4.69) is 40.8 Å². The van der Waals surface area contributed by atoms with Gasteiger partial charge in [-0.2, -0.15) is 0 Å². The maximum atomic E-state index is 12.2. The lowest BCUT2D eigenvalue weighted by Crippen LogP contribution is -2.50. The predicted molar refractivity (Wildman–Crippen MR) is 94.6 cm³/mol. The number of nitrogens with one attached hydrogen (secondary N) is 2. The monoisotopic (exact) mass is 313 g/mol. The summed E-state index contributed by atoms with van der Waals surface area (Å²) in [6, 6.07) is 8.54. The van der Waals surface area contributed by atoms with Gasteiger partial charge in [0.25, 0.3) is 0 Å². The molecule has 0 unspecified atom stereocenters. The smallest absolute Gasteiger partial charge is 0.317 e. The quantitative estimate of drug-likeness (QED) is 0.867. The van der Waals surface area contributed by atoms with E-state index in [9.17, 15) is 4.79 Å². The van der Waals surface area contributed by atoms with Crippen LogP contribution in [0.25, 0.3) is 10.9 Å². The molecule has 0 saturated carbocycles. The number of benzene rings is 1. The second-order valence-corrected chi connectivity index (χ2v) is 7.67. The van der Waals surface area contributed by atoms with Gasteiger partial charge in [-0.05, 0) is 57.6 Å². The highest BCUT2D eigenvalue weighted by atomic mass is 16.2. The number of para-hydroxylation sites is 1. The zero-order valence-electron chi connectivity index (χ0n) is 14.4. The van der Waals surface area contributed by atoms with Gasteiger partial charge >= 0.3 is 6.03 Å². The van der Waals surface area contributed by atoms with Crippen molar-refractivity contribution in [2.24, 2.45) is 5.92 Å². The van der Waals surface area contributed by atoms with Crippen LogP contribution in [-0.2, 0) is 6.42 Å². The third-order valence-electron chi connectivity index (χ3n) is 4.57. The van der Waals surface area contributed by atoms with Gasteiger partial charge in [-0.15, -0.1) is 0 Å². The molecule has 2 aromatic rings. The minimum Gasteiger partial charge on any atom is -0.361 e. The van der Waals surface area contributed by atoms with Gasteiger partial charge in [0.2, 0.25) is 0 Å². The molecule has 1 aromatic carbocycles. The van der Waals surface area contributed by atoms with E-state index in [-0.39, 0.29) is 11.6 Å². The number of H-pyrrole nitrogens is 1. The minimum atomic E-state index is -0.169. The standard InChI is InChI=1S/C19H27N3O/c1-19(2,3)21-18(23)22-10-8-14(9-11-22)12-15-13-20-17-7-5-4-6-16(15)17/h4-7,13-14,20H,8-12H2,1-3H3,(H,21,23). The lowest BCUT2D eigenvalue weighted by molar-refractivity contribution is 0.163. The largest absolute Gasteiger partial charge is 0.361 e. The van der Waals surface area contributed by atoms with Crippen LogP contribution in [0.4, 0.5) is 4.79 Å². The van der Waals surface area contributed by atoms with E-state index in [1.165, 1.54) is 16.5 Å². The molecule has 1 fully saturated rings. The zero-order chi connectivity index (χ0) is 16.4. The highest BCUT2D eigenvalue weighted by Crippen LogP contribution is 2.26. The third kappa shape index (κ3) is 3.87. The van der Waals surface area contributed by atoms with Gasteiger partial charge in [0.15, 0.2) is 0 Å². The molecule has 0 bridgehead atoms. The summed E-state index contributed by atoms with van der Waals surface area (Å²) in [4.78, 5) is 17.5. The van der Waals surface area contributed by atoms with Crippen LogP contribution in [0.15, 0.2) is 30.5 Å². The van der Waals surface area contributed by atoms with Crippen LogP contribution in [0, 0.1) is 5.92 Å². The Morgan fingerprint density at radius 3 is 2.65 bits per heavy atom. The molecule has 0 spiro atoms. The third-order valence-corrected chi connectivity index (χ3v) is 4.57. The number of likely N-dealkylation sites (tertiary alicyclic amines) is 1. The average Bonchev–Trinajstić information content (AvgIpc) is 2.90. The first kappa shape index (κ1) is 15.9. The molecule has 0 radical (unpaired) electrons. The number of aromatic amines is 1. The van der Waals surface area contributed by atoms with Crippen LogP contribution in [0.2, 0.25) is 0 Å². The van der Waals surface area contributed by atoms with Crippen molar-refractivity contribution in [3.05, 3.63) is 36.0 Å². The molecule has 0 aliphatic carbocycles. The van der Waals surface area contributed by atoms with Crippen LogP contribution in [0.5, 0.6) is 0 Å². The minimum absolute atomic E-state index is 0.0723. The van der Waals surface area contributed by atoms with E-state index >= 15 is 0 Å². The van der Waals surface area contributed by atoms with Crippen molar-refractivity contribution in [2.45, 2.75) is 45.6 Å². The number of hydrogen-bond acceptors (Lipinski definition) is 1. The number of urea groups is 1. The summed E-state index contributed by atoms with van der Waals surface area (Å²) < 4.78 is 0. The number of carbonyl (C=O) groups excluding carboxylic acids is 1. The molecule has 2 N–H and O–H groups in total. The molecule has 1 saturated heterocycles. The summed E-state index contributed by atoms with van der Waals surface area (Å²) >= 11 is 0. The molecule has 0 atom stereocenters. The van der Waals surface area contributed by atoms with E-state index in [1.54, 1.807) is 0 Å². The van der Waals surface area contributed by atoms with E-state index < -0.39 is 0 Å². The van der Waals surface area contributed by atoms with Gasteiger partial charge in [-0.3, -0.25) is 0 Å². The van der Waals surface area contributed by atoms with Gasteiger partial charge in [-0.1, -0.05) is 18.2 Å². The van der Waals surface area contributed by atoms with Gasteiger partial charge in [-0.25, -0.2) is 4.79 Å². The number of aromatic nitrogens is 1. The second-order valence-electron chi connectivity index (χ2n) is 7.67. The summed E-state index contributed by atoms with van der Waals surface area (Å²) in [7, 11) is 0. The molecule has 23 heavy (non-hydrogen) atoms. The van der Waals surface area contributed by atoms with E-state index in [1.807, 2.05) is 25.7 Å². The molecule has 1 aliphatic rings. The predicted octanol–water partition coefficient (Wildman–Crippen LogP) is 3.93. The Hall–Kier alpha value is -1.97. The molecular weight excluding hydrogens is 286 g/mol. The Morgan fingerprint density at radius 1 is 1.26 bits per heavy atom. The number of fused-ring (bicyclic) bond motifs is 1. The topological polar surface area (TPSA) is 48.1 Å². The number of hydrogen-bond donors (Lipinski definition) is 2. The molecule has 4 heteroatoms. The molecule has 124 valence electrons. The summed E-state index contributed by atoms with van der Waals surface area (Å²) in [6.45, 7) is 7.78. The Balaban J connectivity index is 1.56. The first-order valence-electron chi connectivity index (χ1n) is 8.54. The fourth-order valence-corrected chi connectivity index (χ4v) is 3.35. The first-order chi connectivity index (χ1) is 10.9. The van der Waals surface area contributed by atoms with Crippen LogP contribution in [0.3, 0.4) is 0 Å². The number of nitrogens with zero attached hydrogens (tertiary/aromatic N) is 1. The van der Waals surface area contributed by atoms with Crippen LogP contribution in [-0.4, -0.2) is 34.5 Å². The molecule has 1 aromatic heterocycles. The lowest BCUT2D eigenvalue weighted by atomic mass is 9.90. The molecule has 4 nitrogen and oxygen atoms in total. The highest BCUT2D eigenvalue weighted by Gasteiger charge is 2.25. The molecular formula is C19H27N3O. The normalized spacial score (nSPS) is 16.7. The van der Waals surface area contributed by atoms with E-state index in [0.717, 1.165) is 32.4 Å². The first-order valence-corrected chi connectivity index (χ1v) is 8.54. The van der Waals surface area contributed by atoms with Gasteiger partial charge < -0.3 is 15.2 Å². The van der Waals surface area contributed by atoms with Crippen molar-refractivity contribution in [1.29, 1.82) is 0 Å². The van der Waals surface area contributed by atoms with E-state index in [0.29, 0.717) is 5.92 Å². The average molecular weight is 313 g/mol. The van der Waals surface area contributed by atoms with Crippen molar-refractivity contribution in [3.8, 4) is 0 Å². The Labute approximate surface area is 138 Å². The second kappa shape index (κ2) is 6.26. The molecule has 2 amide bonds. The fourth-order valence-electron chi connectivity index (χ4n) is 3.35. The summed E-state index contributed by atoms with van der Waals surface area (Å²) in [6.07, 6.45) is 5.40. The maximum absolute atomic E-state index is 12.2. The van der Waals surface area contributed by atoms with Crippen molar-refractivity contribution in [3.63, 3.8) is 0 Å².